The van der Waals surface area contributed by atoms with Gasteiger partial charge < -0.3 is 4.42 Å². The maximum Gasteiger partial charge on any atom is 0.340 e. The van der Waals surface area contributed by atoms with E-state index in [1.54, 1.807) is 6.39 Å². The van der Waals surface area contributed by atoms with Crippen molar-refractivity contribution in [2.24, 2.45) is 0 Å². The summed E-state index contributed by atoms with van der Waals surface area (Å²) >= 11 is 0. The van der Waals surface area contributed by atoms with Crippen molar-refractivity contribution in [2.45, 2.75) is 34.6 Å². The fourth-order valence-corrected chi connectivity index (χ4v) is 2.24. The highest BCUT2D eigenvalue weighted by Gasteiger charge is 2.20. The molecule has 2 aromatic rings. The van der Waals surface area contributed by atoms with Crippen LogP contribution >= 0.6 is 0 Å². The summed E-state index contributed by atoms with van der Waals surface area (Å²) in [6, 6.07) is 4.41. The molecule has 0 bridgehead atoms. The summed E-state index contributed by atoms with van der Waals surface area (Å²) in [6.07, 6.45) is 1.79. The van der Waals surface area contributed by atoms with Crippen molar-refractivity contribution in [3.05, 3.63) is 46.7 Å². The van der Waals surface area contributed by atoms with Crippen LogP contribution in [0.1, 0.15) is 28.1 Å². The lowest BCUT2D eigenvalue weighted by Crippen LogP contribution is -2.33. The third-order valence-corrected chi connectivity index (χ3v) is 3.08. The topological polar surface area (TPSA) is 17.0 Å². The van der Waals surface area contributed by atoms with Crippen molar-refractivity contribution in [1.29, 1.82) is 0 Å². The van der Waals surface area contributed by atoms with Crippen LogP contribution in [0.25, 0.3) is 5.69 Å². The summed E-state index contributed by atoms with van der Waals surface area (Å²) < 4.78 is 7.58. The summed E-state index contributed by atoms with van der Waals surface area (Å²) in [4.78, 5) is 0. The Kier molecular flexibility index (Phi) is 2.58. The van der Waals surface area contributed by atoms with Gasteiger partial charge in [0.2, 0.25) is 11.4 Å². The van der Waals surface area contributed by atoms with E-state index in [4.69, 9.17) is 4.42 Å². The molecule has 16 heavy (non-hydrogen) atoms. The van der Waals surface area contributed by atoms with Crippen molar-refractivity contribution in [3.63, 3.8) is 0 Å². The van der Waals surface area contributed by atoms with Crippen LogP contribution in [-0.2, 0) is 0 Å². The second kappa shape index (κ2) is 3.78. The van der Waals surface area contributed by atoms with Gasteiger partial charge in [0.1, 0.15) is 0 Å². The van der Waals surface area contributed by atoms with Crippen LogP contribution < -0.4 is 4.57 Å². The molecule has 1 heterocycles. The van der Waals surface area contributed by atoms with Gasteiger partial charge in [-0.3, -0.25) is 0 Å². The van der Waals surface area contributed by atoms with E-state index >= 15 is 0 Å². The van der Waals surface area contributed by atoms with Crippen LogP contribution in [0.5, 0.6) is 0 Å². The zero-order valence-electron chi connectivity index (χ0n) is 10.6. The first-order chi connectivity index (χ1) is 7.50. The van der Waals surface area contributed by atoms with E-state index in [0.717, 1.165) is 11.5 Å². The minimum atomic E-state index is 0.972. The van der Waals surface area contributed by atoms with Crippen LogP contribution in [-0.4, -0.2) is 0 Å². The number of aromatic nitrogens is 1. The zero-order valence-corrected chi connectivity index (χ0v) is 10.6. The molecule has 0 aliphatic rings. The van der Waals surface area contributed by atoms with Gasteiger partial charge in [-0.25, -0.2) is 0 Å². The highest BCUT2D eigenvalue weighted by atomic mass is 16.3. The summed E-state index contributed by atoms with van der Waals surface area (Å²) in [6.45, 7) is 10.5. The third-order valence-electron chi connectivity index (χ3n) is 3.08. The SMILES string of the molecule is Cc1cc(C)c(-[n+]2coc(C)c2C)c(C)c1. The average molecular weight is 216 g/mol. The molecule has 0 spiro atoms. The van der Waals surface area contributed by atoms with Crippen LogP contribution in [0.2, 0.25) is 0 Å². The lowest BCUT2D eigenvalue weighted by molar-refractivity contribution is -0.606. The number of hydrogen-bond acceptors (Lipinski definition) is 1. The van der Waals surface area contributed by atoms with Gasteiger partial charge in [0.25, 0.3) is 0 Å². The summed E-state index contributed by atoms with van der Waals surface area (Å²) in [7, 11) is 0. The first kappa shape index (κ1) is 10.9. The Balaban J connectivity index is 2.69. The quantitative estimate of drug-likeness (QED) is 0.669. The first-order valence-corrected chi connectivity index (χ1v) is 5.55. The fourth-order valence-electron chi connectivity index (χ4n) is 2.24. The minimum Gasteiger partial charge on any atom is -0.409 e. The summed E-state index contributed by atoms with van der Waals surface area (Å²) in [5.41, 5.74) is 6.27. The van der Waals surface area contributed by atoms with Gasteiger partial charge in [-0.15, -0.1) is 4.57 Å². The Labute approximate surface area is 96.5 Å². The monoisotopic (exact) mass is 216 g/mol. The van der Waals surface area contributed by atoms with Crippen LogP contribution in [0.15, 0.2) is 22.9 Å². The molecule has 0 fully saturated rings. The van der Waals surface area contributed by atoms with E-state index in [1.807, 2.05) is 6.92 Å². The molecule has 0 saturated carbocycles. The molecule has 0 saturated heterocycles. The minimum absolute atomic E-state index is 0.972. The molecule has 2 heteroatoms. The molecule has 0 unspecified atom stereocenters. The number of oxazole rings is 1. The molecule has 0 aliphatic heterocycles. The molecule has 1 aromatic heterocycles. The number of aryl methyl sites for hydroxylation is 4. The van der Waals surface area contributed by atoms with Gasteiger partial charge in [0.05, 0.1) is 0 Å². The van der Waals surface area contributed by atoms with E-state index in [0.29, 0.717) is 0 Å². The van der Waals surface area contributed by atoms with E-state index in [9.17, 15) is 0 Å². The maximum atomic E-state index is 5.45. The van der Waals surface area contributed by atoms with Gasteiger partial charge in [0, 0.05) is 25.0 Å². The predicted molar refractivity (Wildman–Crippen MR) is 63.9 cm³/mol. The number of benzene rings is 1. The summed E-state index contributed by atoms with van der Waals surface area (Å²) in [5.74, 6) is 0.972. The van der Waals surface area contributed by atoms with Crippen molar-refractivity contribution < 1.29 is 8.98 Å². The number of hydrogen-bond donors (Lipinski definition) is 0. The standard InChI is InChI=1S/C14H18NO/c1-9-6-10(2)14(11(3)7-9)15-8-16-13(5)12(15)4/h6-8H,1-5H3/q+1. The third kappa shape index (κ3) is 1.64. The number of nitrogens with zero attached hydrogens (tertiary/aromatic N) is 1. The van der Waals surface area contributed by atoms with Crippen molar-refractivity contribution >= 4 is 0 Å². The Morgan fingerprint density at radius 1 is 0.938 bits per heavy atom. The molecular formula is C14H18NO+. The summed E-state index contributed by atoms with van der Waals surface area (Å²) in [5, 5.41) is 0. The average Bonchev–Trinajstić information content (AvgIpc) is 2.48. The highest BCUT2D eigenvalue weighted by Crippen LogP contribution is 2.17. The lowest BCUT2D eigenvalue weighted by Gasteiger charge is -2.04. The van der Waals surface area contributed by atoms with Crippen molar-refractivity contribution in [3.8, 4) is 5.69 Å². The van der Waals surface area contributed by atoms with Crippen LogP contribution in [0.3, 0.4) is 0 Å². The Hall–Kier alpha value is -1.57. The molecule has 0 radical (unpaired) electrons. The van der Waals surface area contributed by atoms with Crippen molar-refractivity contribution in [2.75, 3.05) is 0 Å². The normalized spacial score (nSPS) is 10.8. The molecule has 0 atom stereocenters. The van der Waals surface area contributed by atoms with Gasteiger partial charge in [-0.1, -0.05) is 5.56 Å². The highest BCUT2D eigenvalue weighted by molar-refractivity contribution is 5.43. The molecule has 1 aromatic carbocycles. The van der Waals surface area contributed by atoms with E-state index in [1.165, 1.54) is 22.4 Å². The van der Waals surface area contributed by atoms with Gasteiger partial charge in [-0.05, 0) is 32.9 Å². The van der Waals surface area contributed by atoms with E-state index in [2.05, 4.69) is 44.4 Å². The smallest absolute Gasteiger partial charge is 0.340 e. The molecule has 0 N–H and O–H groups in total. The van der Waals surface area contributed by atoms with Gasteiger partial charge in [0.15, 0.2) is 5.76 Å². The van der Waals surface area contributed by atoms with Crippen LogP contribution in [0.4, 0.5) is 0 Å². The van der Waals surface area contributed by atoms with Gasteiger partial charge >= 0.3 is 6.39 Å². The Bertz CT molecular complexity index is 515. The lowest BCUT2D eigenvalue weighted by atomic mass is 10.0. The zero-order chi connectivity index (χ0) is 11.9. The van der Waals surface area contributed by atoms with E-state index < -0.39 is 0 Å². The fraction of sp³-hybridized carbons (Fsp3) is 0.357. The number of rotatable bonds is 1. The Morgan fingerprint density at radius 3 is 1.94 bits per heavy atom. The molecule has 2 nitrogen and oxygen atoms in total. The molecule has 0 aliphatic carbocycles. The molecular weight excluding hydrogens is 198 g/mol. The first-order valence-electron chi connectivity index (χ1n) is 5.55. The predicted octanol–water partition coefficient (Wildman–Crippen LogP) is 3.10. The molecule has 0 amide bonds. The molecule has 2 rings (SSSR count). The van der Waals surface area contributed by atoms with E-state index in [-0.39, 0.29) is 0 Å². The largest absolute Gasteiger partial charge is 0.409 e. The molecule has 84 valence electrons. The second-order valence-electron chi connectivity index (χ2n) is 4.48. The Morgan fingerprint density at radius 2 is 1.50 bits per heavy atom. The maximum absolute atomic E-state index is 5.45. The second-order valence-corrected chi connectivity index (χ2v) is 4.48. The van der Waals surface area contributed by atoms with Crippen molar-refractivity contribution in [1.82, 2.24) is 0 Å². The van der Waals surface area contributed by atoms with Gasteiger partial charge in [-0.2, -0.15) is 0 Å². The van der Waals surface area contributed by atoms with Crippen LogP contribution in [0, 0.1) is 34.6 Å².